The Kier molecular flexibility index (Phi) is 8.54. The summed E-state index contributed by atoms with van der Waals surface area (Å²) in [5.74, 6) is 1.18. The van der Waals surface area contributed by atoms with Crippen LogP contribution in [-0.4, -0.2) is 30.9 Å². The van der Waals surface area contributed by atoms with Gasteiger partial charge in [0.15, 0.2) is 16.6 Å². The van der Waals surface area contributed by atoms with E-state index in [0.717, 1.165) is 53.3 Å². The Morgan fingerprint density at radius 3 is 2.55 bits per heavy atom. The zero-order chi connectivity index (χ0) is 22.2. The van der Waals surface area contributed by atoms with Gasteiger partial charge in [0, 0.05) is 11.4 Å². The number of nitrogens with one attached hydrogen (secondary N) is 2. The number of fused-ring (bicyclic) bond motifs is 1. The van der Waals surface area contributed by atoms with Crippen molar-refractivity contribution in [3.05, 3.63) is 39.8 Å². The lowest BCUT2D eigenvalue weighted by atomic mass is 9.95. The molecule has 1 aliphatic carbocycles. The first-order chi connectivity index (χ1) is 15.1. The molecule has 2 N–H and O–H groups in total. The van der Waals surface area contributed by atoms with E-state index in [1.54, 1.807) is 11.3 Å². The van der Waals surface area contributed by atoms with Crippen LogP contribution in [0.3, 0.4) is 0 Å². The Balaban J connectivity index is 1.69. The molecule has 3 rings (SSSR count). The Hall–Kier alpha value is -2.32. The van der Waals surface area contributed by atoms with Gasteiger partial charge >= 0.3 is 5.97 Å². The van der Waals surface area contributed by atoms with Gasteiger partial charge in [-0.2, -0.15) is 0 Å². The molecule has 0 radical (unpaired) electrons. The fourth-order valence-corrected chi connectivity index (χ4v) is 5.13. The van der Waals surface area contributed by atoms with Gasteiger partial charge in [-0.25, -0.2) is 4.79 Å². The van der Waals surface area contributed by atoms with Crippen LogP contribution in [0.4, 0.5) is 5.00 Å². The summed E-state index contributed by atoms with van der Waals surface area (Å²) >= 11 is 7.12. The van der Waals surface area contributed by atoms with Gasteiger partial charge in [0.1, 0.15) is 5.00 Å². The van der Waals surface area contributed by atoms with E-state index in [2.05, 4.69) is 10.6 Å². The standard InChI is InChI=1S/C23H30N2O4S2/c1-4-27-17-12-11-15(13-18(17)28-5-2)14-24-23(30)25-21-20(22(26)29-6-3)16-9-7-8-10-19(16)31-21/h11-13H,4-10,14H2,1-3H3,(H2,24,25,30). The highest BCUT2D eigenvalue weighted by molar-refractivity contribution is 7.80. The van der Waals surface area contributed by atoms with Crippen molar-refractivity contribution < 1.29 is 19.0 Å². The summed E-state index contributed by atoms with van der Waals surface area (Å²) in [5, 5.41) is 7.69. The third-order valence-corrected chi connectivity index (χ3v) is 6.39. The van der Waals surface area contributed by atoms with E-state index in [4.69, 9.17) is 26.4 Å². The molecule has 6 nitrogen and oxygen atoms in total. The molecule has 0 saturated carbocycles. The Labute approximate surface area is 193 Å². The zero-order valence-corrected chi connectivity index (χ0v) is 20.0. The number of anilines is 1. The highest BCUT2D eigenvalue weighted by atomic mass is 32.1. The van der Waals surface area contributed by atoms with Crippen molar-refractivity contribution in [3.63, 3.8) is 0 Å². The number of aryl methyl sites for hydroxylation is 1. The lowest BCUT2D eigenvalue weighted by molar-refractivity contribution is 0.0526. The minimum atomic E-state index is -0.278. The number of benzene rings is 1. The van der Waals surface area contributed by atoms with E-state index >= 15 is 0 Å². The number of rotatable bonds is 9. The second-order valence-electron chi connectivity index (χ2n) is 7.09. The molecule has 2 aromatic rings. The van der Waals surface area contributed by atoms with Crippen LogP contribution in [0.1, 0.15) is 60.0 Å². The first-order valence-corrected chi connectivity index (χ1v) is 12.0. The molecule has 168 valence electrons. The molecule has 0 unspecified atom stereocenters. The van der Waals surface area contributed by atoms with E-state index in [1.807, 2.05) is 39.0 Å². The number of ether oxygens (including phenoxy) is 3. The minimum absolute atomic E-state index is 0.278. The predicted molar refractivity (Wildman–Crippen MR) is 129 cm³/mol. The second-order valence-corrected chi connectivity index (χ2v) is 8.60. The number of carbonyl (C=O) groups is 1. The number of esters is 1. The third kappa shape index (κ3) is 5.89. The maximum atomic E-state index is 12.6. The van der Waals surface area contributed by atoms with Crippen LogP contribution < -0.4 is 20.1 Å². The van der Waals surface area contributed by atoms with Gasteiger partial charge in [0.25, 0.3) is 0 Å². The largest absolute Gasteiger partial charge is 0.490 e. The Morgan fingerprint density at radius 2 is 1.81 bits per heavy atom. The quantitative estimate of drug-likeness (QED) is 0.397. The molecular weight excluding hydrogens is 432 g/mol. The van der Waals surface area contributed by atoms with E-state index in [1.165, 1.54) is 4.88 Å². The average Bonchev–Trinajstić information content (AvgIpc) is 3.12. The number of hydrogen-bond donors (Lipinski definition) is 2. The van der Waals surface area contributed by atoms with E-state index in [-0.39, 0.29) is 5.97 Å². The molecule has 1 aromatic heterocycles. The van der Waals surface area contributed by atoms with Gasteiger partial charge in [0.05, 0.1) is 25.4 Å². The van der Waals surface area contributed by atoms with Crippen molar-refractivity contribution in [2.45, 2.75) is 53.0 Å². The fourth-order valence-electron chi connectivity index (χ4n) is 3.61. The van der Waals surface area contributed by atoms with Crippen LogP contribution in [0.15, 0.2) is 18.2 Å². The van der Waals surface area contributed by atoms with Crippen LogP contribution in [-0.2, 0) is 24.1 Å². The maximum absolute atomic E-state index is 12.6. The molecule has 0 amide bonds. The SMILES string of the molecule is CCOC(=O)c1c(NC(=S)NCc2ccc(OCC)c(OCC)c2)sc2c1CCCC2. The van der Waals surface area contributed by atoms with Crippen LogP contribution in [0, 0.1) is 0 Å². The number of thiocarbonyl (C=S) groups is 1. The smallest absolute Gasteiger partial charge is 0.341 e. The van der Waals surface area contributed by atoms with Gasteiger partial charge in [-0.1, -0.05) is 6.07 Å². The first-order valence-electron chi connectivity index (χ1n) is 10.8. The summed E-state index contributed by atoms with van der Waals surface area (Å²) in [6.45, 7) is 7.74. The highest BCUT2D eigenvalue weighted by Gasteiger charge is 2.26. The summed E-state index contributed by atoms with van der Waals surface area (Å²) in [6.07, 6.45) is 4.16. The third-order valence-electron chi connectivity index (χ3n) is 4.94. The molecule has 0 aliphatic heterocycles. The van der Waals surface area contributed by atoms with Gasteiger partial charge in [-0.15, -0.1) is 11.3 Å². The van der Waals surface area contributed by atoms with Crippen molar-refractivity contribution in [2.75, 3.05) is 25.1 Å². The average molecular weight is 463 g/mol. The van der Waals surface area contributed by atoms with E-state index in [0.29, 0.717) is 37.0 Å². The molecule has 1 aromatic carbocycles. The molecular formula is C23H30N2O4S2. The second kappa shape index (κ2) is 11.3. The maximum Gasteiger partial charge on any atom is 0.341 e. The van der Waals surface area contributed by atoms with Crippen LogP contribution in [0.25, 0.3) is 0 Å². The highest BCUT2D eigenvalue weighted by Crippen LogP contribution is 2.38. The van der Waals surface area contributed by atoms with Crippen molar-refractivity contribution in [3.8, 4) is 11.5 Å². The molecule has 0 atom stereocenters. The molecule has 0 saturated heterocycles. The summed E-state index contributed by atoms with van der Waals surface area (Å²) in [5.41, 5.74) is 2.78. The lowest BCUT2D eigenvalue weighted by Crippen LogP contribution is -2.28. The van der Waals surface area contributed by atoms with Gasteiger partial charge in [-0.05, 0) is 81.9 Å². The summed E-state index contributed by atoms with van der Waals surface area (Å²) < 4.78 is 16.6. The summed E-state index contributed by atoms with van der Waals surface area (Å²) in [6, 6.07) is 5.85. The summed E-state index contributed by atoms with van der Waals surface area (Å²) in [7, 11) is 0. The van der Waals surface area contributed by atoms with Crippen LogP contribution >= 0.6 is 23.6 Å². The number of thiophene rings is 1. The first kappa shape index (κ1) is 23.3. The van der Waals surface area contributed by atoms with Gasteiger partial charge in [0.2, 0.25) is 0 Å². The molecule has 0 bridgehead atoms. The monoisotopic (exact) mass is 462 g/mol. The van der Waals surface area contributed by atoms with Gasteiger partial charge in [-0.3, -0.25) is 0 Å². The molecule has 0 spiro atoms. The Morgan fingerprint density at radius 1 is 1.06 bits per heavy atom. The Bertz CT molecular complexity index is 927. The zero-order valence-electron chi connectivity index (χ0n) is 18.3. The van der Waals surface area contributed by atoms with Crippen LogP contribution in [0.2, 0.25) is 0 Å². The topological polar surface area (TPSA) is 68.8 Å². The van der Waals surface area contributed by atoms with E-state index in [9.17, 15) is 4.79 Å². The number of carbonyl (C=O) groups excluding carboxylic acids is 1. The predicted octanol–water partition coefficient (Wildman–Crippen LogP) is 5.09. The van der Waals surface area contributed by atoms with E-state index < -0.39 is 0 Å². The molecule has 1 heterocycles. The van der Waals surface area contributed by atoms with Crippen molar-refractivity contribution >= 4 is 39.6 Å². The van der Waals surface area contributed by atoms with Crippen molar-refractivity contribution in [1.29, 1.82) is 0 Å². The molecule has 1 aliphatic rings. The van der Waals surface area contributed by atoms with Crippen molar-refractivity contribution in [1.82, 2.24) is 5.32 Å². The van der Waals surface area contributed by atoms with Crippen LogP contribution in [0.5, 0.6) is 11.5 Å². The molecule has 0 fully saturated rings. The fraction of sp³-hybridized carbons (Fsp3) is 0.478. The minimum Gasteiger partial charge on any atom is -0.490 e. The molecule has 31 heavy (non-hydrogen) atoms. The number of hydrogen-bond acceptors (Lipinski definition) is 6. The lowest BCUT2D eigenvalue weighted by Gasteiger charge is -2.14. The normalized spacial score (nSPS) is 12.6. The summed E-state index contributed by atoms with van der Waals surface area (Å²) in [4.78, 5) is 13.9. The molecule has 8 heteroatoms. The van der Waals surface area contributed by atoms with Gasteiger partial charge < -0.3 is 24.8 Å². The van der Waals surface area contributed by atoms with Crippen molar-refractivity contribution in [2.24, 2.45) is 0 Å².